The van der Waals surface area contributed by atoms with Gasteiger partial charge in [0.15, 0.2) is 0 Å². The molecule has 1 aromatic heterocycles. The van der Waals surface area contributed by atoms with E-state index in [9.17, 15) is 4.39 Å². The predicted octanol–water partition coefficient (Wildman–Crippen LogP) is 4.77. The monoisotopic (exact) mass is 336 g/mol. The Morgan fingerprint density at radius 3 is 2.52 bits per heavy atom. The van der Waals surface area contributed by atoms with E-state index in [4.69, 9.17) is 0 Å². The predicted molar refractivity (Wildman–Crippen MR) is 99.5 cm³/mol. The first kappa shape index (κ1) is 16.9. The molecule has 1 heterocycles. The number of rotatable bonds is 6. The lowest BCUT2D eigenvalue weighted by Gasteiger charge is -2.28. The quantitative estimate of drug-likeness (QED) is 0.704. The van der Waals surface area contributed by atoms with Crippen molar-refractivity contribution in [2.24, 2.45) is 0 Å². The normalized spacial score (nSPS) is 10.7. The molecule has 0 unspecified atom stereocenters. The van der Waals surface area contributed by atoms with Gasteiger partial charge in [0.2, 0.25) is 0 Å². The minimum Gasteiger partial charge on any atom is -0.350 e. The number of nitrogens with one attached hydrogen (secondary N) is 1. The molecule has 128 valence electrons. The van der Waals surface area contributed by atoms with Gasteiger partial charge in [-0.15, -0.1) is 0 Å². The molecular formula is C20H21FN4. The summed E-state index contributed by atoms with van der Waals surface area (Å²) in [7, 11) is 0. The average molecular weight is 336 g/mol. The maximum Gasteiger partial charge on any atom is 0.135 e. The molecule has 0 radical (unpaired) electrons. The van der Waals surface area contributed by atoms with Gasteiger partial charge in [0.1, 0.15) is 23.8 Å². The Bertz CT molecular complexity index is 821. The lowest BCUT2D eigenvalue weighted by atomic mass is 10.2. The second kappa shape index (κ2) is 7.75. The first-order valence-electron chi connectivity index (χ1n) is 8.27. The SMILES string of the molecule is CC(C)N(Cc1ccccc1)c1cc(Nc2cccc(F)c2)ncn1. The van der Waals surface area contributed by atoms with Gasteiger partial charge in [-0.3, -0.25) is 0 Å². The third-order valence-corrected chi connectivity index (χ3v) is 3.86. The Labute approximate surface area is 147 Å². The van der Waals surface area contributed by atoms with Crippen molar-refractivity contribution in [2.75, 3.05) is 10.2 Å². The van der Waals surface area contributed by atoms with E-state index in [1.54, 1.807) is 12.1 Å². The van der Waals surface area contributed by atoms with Gasteiger partial charge in [-0.2, -0.15) is 0 Å². The molecule has 0 bridgehead atoms. The van der Waals surface area contributed by atoms with Crippen LogP contribution < -0.4 is 10.2 Å². The van der Waals surface area contributed by atoms with Gasteiger partial charge in [-0.25, -0.2) is 14.4 Å². The number of hydrogen-bond donors (Lipinski definition) is 1. The molecule has 0 aliphatic carbocycles. The largest absolute Gasteiger partial charge is 0.350 e. The van der Waals surface area contributed by atoms with Crippen molar-refractivity contribution < 1.29 is 4.39 Å². The van der Waals surface area contributed by atoms with Crippen LogP contribution in [0.5, 0.6) is 0 Å². The van der Waals surface area contributed by atoms with Crippen molar-refractivity contribution in [3.05, 3.63) is 78.4 Å². The van der Waals surface area contributed by atoms with E-state index in [2.05, 4.69) is 46.2 Å². The highest BCUT2D eigenvalue weighted by molar-refractivity contribution is 5.59. The fourth-order valence-electron chi connectivity index (χ4n) is 2.59. The first-order valence-corrected chi connectivity index (χ1v) is 8.27. The van der Waals surface area contributed by atoms with E-state index < -0.39 is 0 Å². The molecule has 0 fully saturated rings. The van der Waals surface area contributed by atoms with Crippen molar-refractivity contribution in [2.45, 2.75) is 26.4 Å². The highest BCUT2D eigenvalue weighted by Crippen LogP contribution is 2.22. The summed E-state index contributed by atoms with van der Waals surface area (Å²) in [5.41, 5.74) is 1.87. The number of benzene rings is 2. The van der Waals surface area contributed by atoms with Crippen LogP contribution in [0.15, 0.2) is 67.0 Å². The van der Waals surface area contributed by atoms with E-state index in [1.165, 1.54) is 24.0 Å². The van der Waals surface area contributed by atoms with E-state index in [1.807, 2.05) is 24.3 Å². The van der Waals surface area contributed by atoms with Crippen molar-refractivity contribution in [1.82, 2.24) is 9.97 Å². The molecule has 4 nitrogen and oxygen atoms in total. The third kappa shape index (κ3) is 4.53. The fourth-order valence-corrected chi connectivity index (χ4v) is 2.59. The van der Waals surface area contributed by atoms with Crippen LogP contribution in [-0.2, 0) is 6.54 Å². The summed E-state index contributed by atoms with van der Waals surface area (Å²) >= 11 is 0. The van der Waals surface area contributed by atoms with Gasteiger partial charge >= 0.3 is 0 Å². The molecule has 0 aliphatic rings. The fraction of sp³-hybridized carbons (Fsp3) is 0.200. The second-order valence-corrected chi connectivity index (χ2v) is 6.10. The summed E-state index contributed by atoms with van der Waals surface area (Å²) in [4.78, 5) is 10.9. The summed E-state index contributed by atoms with van der Waals surface area (Å²) in [6.07, 6.45) is 1.53. The lowest BCUT2D eigenvalue weighted by molar-refractivity contribution is 0.628. The number of anilines is 3. The van der Waals surface area contributed by atoms with Crippen LogP contribution in [-0.4, -0.2) is 16.0 Å². The van der Waals surface area contributed by atoms with E-state index in [-0.39, 0.29) is 11.9 Å². The van der Waals surface area contributed by atoms with Crippen LogP contribution in [0.2, 0.25) is 0 Å². The van der Waals surface area contributed by atoms with Crippen molar-refractivity contribution in [1.29, 1.82) is 0 Å². The standard InChI is InChI=1S/C20H21FN4/c1-15(2)25(13-16-7-4-3-5-8-16)20-12-19(22-14-23-20)24-18-10-6-9-17(21)11-18/h3-12,14-15H,13H2,1-2H3,(H,22,23,24). The van der Waals surface area contributed by atoms with E-state index >= 15 is 0 Å². The second-order valence-electron chi connectivity index (χ2n) is 6.10. The topological polar surface area (TPSA) is 41.0 Å². The van der Waals surface area contributed by atoms with Crippen molar-refractivity contribution in [3.63, 3.8) is 0 Å². The maximum atomic E-state index is 13.3. The number of nitrogens with zero attached hydrogens (tertiary/aromatic N) is 3. The Balaban J connectivity index is 1.82. The van der Waals surface area contributed by atoms with Crippen molar-refractivity contribution in [3.8, 4) is 0 Å². The molecule has 25 heavy (non-hydrogen) atoms. The van der Waals surface area contributed by atoms with E-state index in [0.29, 0.717) is 11.5 Å². The molecule has 3 aromatic rings. The molecule has 3 rings (SSSR count). The zero-order chi connectivity index (χ0) is 17.6. The van der Waals surface area contributed by atoms with Gasteiger partial charge in [0, 0.05) is 24.3 Å². The zero-order valence-electron chi connectivity index (χ0n) is 14.4. The van der Waals surface area contributed by atoms with Crippen LogP contribution in [0.1, 0.15) is 19.4 Å². The lowest BCUT2D eigenvalue weighted by Crippen LogP contribution is -2.31. The Hall–Kier alpha value is -2.95. The molecular weight excluding hydrogens is 315 g/mol. The zero-order valence-corrected chi connectivity index (χ0v) is 14.4. The molecule has 0 atom stereocenters. The Morgan fingerprint density at radius 1 is 1.00 bits per heavy atom. The van der Waals surface area contributed by atoms with Crippen LogP contribution in [0, 0.1) is 5.82 Å². The smallest absolute Gasteiger partial charge is 0.135 e. The minimum absolute atomic E-state index is 0.275. The van der Waals surface area contributed by atoms with Crippen LogP contribution >= 0.6 is 0 Å². The maximum absolute atomic E-state index is 13.3. The highest BCUT2D eigenvalue weighted by Gasteiger charge is 2.13. The molecule has 0 saturated carbocycles. The van der Waals surface area contributed by atoms with Gasteiger partial charge in [0.25, 0.3) is 0 Å². The minimum atomic E-state index is -0.285. The third-order valence-electron chi connectivity index (χ3n) is 3.86. The molecule has 0 spiro atoms. The first-order chi connectivity index (χ1) is 12.1. The highest BCUT2D eigenvalue weighted by atomic mass is 19.1. The Morgan fingerprint density at radius 2 is 1.80 bits per heavy atom. The molecule has 0 saturated heterocycles. The van der Waals surface area contributed by atoms with Crippen LogP contribution in [0.25, 0.3) is 0 Å². The average Bonchev–Trinajstić information content (AvgIpc) is 2.60. The van der Waals surface area contributed by atoms with Crippen molar-refractivity contribution >= 4 is 17.3 Å². The van der Waals surface area contributed by atoms with Gasteiger partial charge < -0.3 is 10.2 Å². The van der Waals surface area contributed by atoms with Crippen LogP contribution in [0.3, 0.4) is 0 Å². The van der Waals surface area contributed by atoms with Gasteiger partial charge in [0.05, 0.1) is 0 Å². The van der Waals surface area contributed by atoms with Crippen LogP contribution in [0.4, 0.5) is 21.7 Å². The molecule has 0 amide bonds. The number of halogens is 1. The summed E-state index contributed by atoms with van der Waals surface area (Å²) in [6, 6.07) is 18.7. The summed E-state index contributed by atoms with van der Waals surface area (Å²) in [5, 5.41) is 3.13. The molecule has 2 aromatic carbocycles. The summed E-state index contributed by atoms with van der Waals surface area (Å²) < 4.78 is 13.3. The number of hydrogen-bond acceptors (Lipinski definition) is 4. The number of aromatic nitrogens is 2. The van der Waals surface area contributed by atoms with Gasteiger partial charge in [-0.05, 0) is 37.6 Å². The molecule has 0 aliphatic heterocycles. The van der Waals surface area contributed by atoms with Gasteiger partial charge in [-0.1, -0.05) is 36.4 Å². The molecule has 1 N–H and O–H groups in total. The summed E-state index contributed by atoms with van der Waals surface area (Å²) in [6.45, 7) is 5.02. The Kier molecular flexibility index (Phi) is 5.23. The van der Waals surface area contributed by atoms with E-state index in [0.717, 1.165) is 12.4 Å². The summed E-state index contributed by atoms with van der Waals surface area (Å²) in [5.74, 6) is 1.18. The molecule has 5 heteroatoms.